The topological polar surface area (TPSA) is 116 Å². The largest absolute Gasteiger partial charge is 0.438 e. The molecule has 0 N–H and O–H groups in total. The van der Waals surface area contributed by atoms with E-state index in [9.17, 15) is 4.79 Å². The van der Waals surface area contributed by atoms with Crippen molar-refractivity contribution in [3.63, 3.8) is 0 Å². The molecule has 0 saturated carbocycles. The van der Waals surface area contributed by atoms with Crippen LogP contribution in [0.1, 0.15) is 56.7 Å². The molecule has 7 heterocycles. The number of rotatable bonds is 6. The average molecular weight is 581 g/mol. The van der Waals surface area contributed by atoms with Crippen LogP contribution in [0.4, 0.5) is 0 Å². The fourth-order valence-electron chi connectivity index (χ4n) is 6.31. The summed E-state index contributed by atoms with van der Waals surface area (Å²) in [5.74, 6) is 1.09. The van der Waals surface area contributed by atoms with E-state index in [4.69, 9.17) is 14.2 Å². The number of fused-ring (bicyclic) bond motifs is 4. The molecular weight excluding hydrogens is 548 g/mol. The Labute approximate surface area is 246 Å². The van der Waals surface area contributed by atoms with Gasteiger partial charge in [0.05, 0.1) is 41.1 Å². The van der Waals surface area contributed by atoms with Crippen molar-refractivity contribution in [1.29, 1.82) is 0 Å². The molecule has 2 unspecified atom stereocenters. The number of hydrogen-bond acceptors (Lipinski definition) is 8. The second-order valence-corrected chi connectivity index (χ2v) is 11.3. The molecule has 12 nitrogen and oxygen atoms in total. The van der Waals surface area contributed by atoms with Gasteiger partial charge in [-0.1, -0.05) is 0 Å². The Morgan fingerprint density at radius 1 is 0.907 bits per heavy atom. The molecule has 43 heavy (non-hydrogen) atoms. The first-order valence-electron chi connectivity index (χ1n) is 14.9. The lowest BCUT2D eigenvalue weighted by molar-refractivity contribution is -0.0397. The van der Waals surface area contributed by atoms with E-state index in [0.717, 1.165) is 84.6 Å². The highest BCUT2D eigenvalue weighted by atomic mass is 16.5. The third kappa shape index (κ3) is 4.57. The van der Waals surface area contributed by atoms with E-state index in [2.05, 4.69) is 20.3 Å². The van der Waals surface area contributed by atoms with Gasteiger partial charge in [0.1, 0.15) is 17.5 Å². The van der Waals surface area contributed by atoms with Crippen molar-refractivity contribution in [2.45, 2.75) is 57.5 Å². The predicted octanol–water partition coefficient (Wildman–Crippen LogP) is 5.07. The minimum atomic E-state index is -0.175. The first kappa shape index (κ1) is 26.1. The van der Waals surface area contributed by atoms with Gasteiger partial charge in [-0.25, -0.2) is 19.0 Å². The number of nitrogens with zero attached hydrogens (tertiary/aromatic N) is 8. The molecule has 220 valence electrons. The van der Waals surface area contributed by atoms with Gasteiger partial charge in [-0.05, 0) is 62.8 Å². The molecule has 2 atom stereocenters. The molecule has 2 aliphatic heterocycles. The number of benzene rings is 1. The Kier molecular flexibility index (Phi) is 6.45. The van der Waals surface area contributed by atoms with Crippen LogP contribution in [0.5, 0.6) is 11.6 Å². The van der Waals surface area contributed by atoms with Crippen molar-refractivity contribution in [3.05, 3.63) is 71.2 Å². The van der Waals surface area contributed by atoms with Crippen LogP contribution in [-0.2, 0) is 23.1 Å². The number of ether oxygens (including phenoxy) is 3. The quantitative estimate of drug-likeness (QED) is 0.268. The van der Waals surface area contributed by atoms with Crippen LogP contribution >= 0.6 is 0 Å². The molecule has 8 rings (SSSR count). The van der Waals surface area contributed by atoms with Crippen LogP contribution in [0.25, 0.3) is 32.7 Å². The van der Waals surface area contributed by atoms with E-state index in [-0.39, 0.29) is 24.6 Å². The summed E-state index contributed by atoms with van der Waals surface area (Å²) in [7, 11) is 1.89. The van der Waals surface area contributed by atoms with E-state index in [0.29, 0.717) is 17.1 Å². The van der Waals surface area contributed by atoms with E-state index in [1.807, 2.05) is 57.5 Å². The van der Waals surface area contributed by atoms with Crippen LogP contribution in [-0.4, -0.2) is 52.1 Å². The van der Waals surface area contributed by atoms with E-state index >= 15 is 0 Å². The molecule has 12 heteroatoms. The number of aromatic nitrogens is 8. The fraction of sp³-hybridized carbons (Fsp3) is 0.387. The van der Waals surface area contributed by atoms with Gasteiger partial charge in [0, 0.05) is 49.5 Å². The van der Waals surface area contributed by atoms with E-state index in [1.54, 1.807) is 18.6 Å². The average Bonchev–Trinajstić information content (AvgIpc) is 3.77. The maximum Gasteiger partial charge on any atom is 0.291 e. The Hall–Kier alpha value is -4.55. The normalized spacial score (nSPS) is 19.5. The van der Waals surface area contributed by atoms with Crippen LogP contribution in [0.3, 0.4) is 0 Å². The molecule has 5 aromatic heterocycles. The molecule has 2 fully saturated rings. The van der Waals surface area contributed by atoms with Gasteiger partial charge in [-0.15, -0.1) is 0 Å². The zero-order valence-corrected chi connectivity index (χ0v) is 23.9. The predicted molar refractivity (Wildman–Crippen MR) is 159 cm³/mol. The maximum atomic E-state index is 13.6. The summed E-state index contributed by atoms with van der Waals surface area (Å²) < 4.78 is 25.2. The number of aryl methyl sites for hydroxylation is 1. The lowest BCUT2D eigenvalue weighted by Gasteiger charge is -2.23. The summed E-state index contributed by atoms with van der Waals surface area (Å²) >= 11 is 0. The van der Waals surface area contributed by atoms with Crippen LogP contribution in [0, 0.1) is 0 Å². The summed E-state index contributed by atoms with van der Waals surface area (Å²) in [6.07, 6.45) is 13.3. The molecule has 0 radical (unpaired) electrons. The van der Waals surface area contributed by atoms with Crippen molar-refractivity contribution >= 4 is 32.7 Å². The molecule has 0 amide bonds. The fourth-order valence-corrected chi connectivity index (χ4v) is 6.31. The Morgan fingerprint density at radius 3 is 2.53 bits per heavy atom. The Morgan fingerprint density at radius 2 is 1.72 bits per heavy atom. The molecule has 0 bridgehead atoms. The zero-order chi connectivity index (χ0) is 28.9. The molecule has 2 aliphatic rings. The minimum absolute atomic E-state index is 0.0477. The van der Waals surface area contributed by atoms with Crippen molar-refractivity contribution in [2.75, 3.05) is 13.2 Å². The van der Waals surface area contributed by atoms with Gasteiger partial charge in [0.15, 0.2) is 6.23 Å². The van der Waals surface area contributed by atoms with Crippen molar-refractivity contribution in [1.82, 2.24) is 38.9 Å². The van der Waals surface area contributed by atoms with Gasteiger partial charge in [0.2, 0.25) is 5.88 Å². The molecule has 0 spiro atoms. The minimum Gasteiger partial charge on any atom is -0.438 e. The standard InChI is InChI=1S/C31H32N8O4/c1-36-26-16-21(43-30-24-18-34-39(25(24)10-12-32-30)28-7-3-5-15-42-28)8-9-22(26)23-17-33-38(31(40)29(23)36)19-20-11-13-37(35-20)27-6-2-4-14-41-27/h8-13,16-18,27-28H,2-7,14-15,19H2,1H3. The number of pyridine rings is 1. The van der Waals surface area contributed by atoms with Gasteiger partial charge in [-0.3, -0.25) is 4.79 Å². The molecule has 6 aromatic rings. The first-order valence-corrected chi connectivity index (χ1v) is 14.9. The molecule has 0 aliphatic carbocycles. The Bertz CT molecular complexity index is 2010. The molecule has 2 saturated heterocycles. The summed E-state index contributed by atoms with van der Waals surface area (Å²) in [5, 5.41) is 16.3. The smallest absolute Gasteiger partial charge is 0.291 e. The highest BCUT2D eigenvalue weighted by Crippen LogP contribution is 2.34. The maximum absolute atomic E-state index is 13.6. The third-order valence-corrected chi connectivity index (χ3v) is 8.53. The van der Waals surface area contributed by atoms with E-state index < -0.39 is 0 Å². The van der Waals surface area contributed by atoms with Gasteiger partial charge >= 0.3 is 0 Å². The SMILES string of the molecule is Cn1c2cc(Oc3nccc4c3cnn4C3CCCCO3)ccc2c2cnn(Cc3ccn(C4CCCCO4)n3)c(=O)c21. The highest BCUT2D eigenvalue weighted by Gasteiger charge is 2.21. The van der Waals surface area contributed by atoms with Gasteiger partial charge in [0.25, 0.3) is 5.56 Å². The summed E-state index contributed by atoms with van der Waals surface area (Å²) in [6, 6.07) is 9.64. The van der Waals surface area contributed by atoms with E-state index in [1.165, 1.54) is 4.68 Å². The summed E-state index contributed by atoms with van der Waals surface area (Å²) in [4.78, 5) is 18.1. The van der Waals surface area contributed by atoms with Crippen molar-refractivity contribution < 1.29 is 14.2 Å². The van der Waals surface area contributed by atoms with Crippen LogP contribution in [0.2, 0.25) is 0 Å². The summed E-state index contributed by atoms with van der Waals surface area (Å²) in [5.41, 5.74) is 2.95. The second-order valence-electron chi connectivity index (χ2n) is 11.3. The van der Waals surface area contributed by atoms with Gasteiger partial charge < -0.3 is 18.8 Å². The molecule has 1 aromatic carbocycles. The van der Waals surface area contributed by atoms with Crippen molar-refractivity contribution in [2.24, 2.45) is 7.05 Å². The monoisotopic (exact) mass is 580 g/mol. The highest BCUT2D eigenvalue weighted by molar-refractivity contribution is 6.07. The lowest BCUT2D eigenvalue weighted by atomic mass is 10.2. The first-order chi connectivity index (χ1) is 21.1. The second kappa shape index (κ2) is 10.6. The molecular formula is C31H32N8O4. The van der Waals surface area contributed by atoms with Crippen LogP contribution in [0.15, 0.2) is 59.9 Å². The summed E-state index contributed by atoms with van der Waals surface area (Å²) in [6.45, 7) is 1.77. The third-order valence-electron chi connectivity index (χ3n) is 8.53. The Balaban J connectivity index is 1.09. The number of hydrogen-bond donors (Lipinski definition) is 0. The van der Waals surface area contributed by atoms with Gasteiger partial charge in [-0.2, -0.15) is 15.3 Å². The van der Waals surface area contributed by atoms with Crippen molar-refractivity contribution in [3.8, 4) is 11.6 Å². The zero-order valence-electron chi connectivity index (χ0n) is 23.9. The lowest BCUT2D eigenvalue weighted by Crippen LogP contribution is -2.25. The van der Waals surface area contributed by atoms with Crippen LogP contribution < -0.4 is 10.3 Å².